The molecule has 0 aliphatic carbocycles. The molecular formula is C16H24N2O4. The zero-order chi connectivity index (χ0) is 15.9. The normalized spacial score (nSPS) is 19.1. The van der Waals surface area contributed by atoms with Gasteiger partial charge in [-0.3, -0.25) is 9.59 Å². The highest BCUT2D eigenvalue weighted by atomic mass is 16.5. The topological polar surface area (TPSA) is 71.8 Å². The van der Waals surface area contributed by atoms with Crippen LogP contribution in [-0.4, -0.2) is 50.7 Å². The number of methoxy groups -OCH3 is 1. The fourth-order valence-corrected chi connectivity index (χ4v) is 2.78. The van der Waals surface area contributed by atoms with Crippen LogP contribution in [0.3, 0.4) is 0 Å². The fraction of sp³-hybridized carbons (Fsp3) is 0.625. The SMILES string of the molecule is COCCN1CCC[C@@H](CNC(=O)c2cc(=O)cc(C)o2)C1. The summed E-state index contributed by atoms with van der Waals surface area (Å²) >= 11 is 0. The molecule has 1 aliphatic rings. The lowest BCUT2D eigenvalue weighted by Gasteiger charge is -2.32. The Kier molecular flexibility index (Phi) is 6.15. The van der Waals surface area contributed by atoms with Gasteiger partial charge in [0.1, 0.15) is 5.76 Å². The molecular weight excluding hydrogens is 284 g/mol. The fourth-order valence-electron chi connectivity index (χ4n) is 2.78. The second-order valence-corrected chi connectivity index (χ2v) is 5.78. The molecule has 1 N–H and O–H groups in total. The zero-order valence-electron chi connectivity index (χ0n) is 13.3. The highest BCUT2D eigenvalue weighted by Gasteiger charge is 2.20. The minimum absolute atomic E-state index is 0.0806. The first-order valence-corrected chi connectivity index (χ1v) is 7.70. The minimum Gasteiger partial charge on any atom is -0.456 e. The summed E-state index contributed by atoms with van der Waals surface area (Å²) in [4.78, 5) is 25.8. The second-order valence-electron chi connectivity index (χ2n) is 5.78. The van der Waals surface area contributed by atoms with E-state index in [1.54, 1.807) is 14.0 Å². The Morgan fingerprint density at radius 1 is 1.50 bits per heavy atom. The molecule has 22 heavy (non-hydrogen) atoms. The predicted octanol–water partition coefficient (Wildman–Crippen LogP) is 1.04. The van der Waals surface area contributed by atoms with Crippen LogP contribution in [0.15, 0.2) is 21.3 Å². The van der Waals surface area contributed by atoms with Gasteiger partial charge in [0, 0.05) is 38.9 Å². The van der Waals surface area contributed by atoms with Gasteiger partial charge in [-0.25, -0.2) is 0 Å². The number of carbonyl (C=O) groups excluding carboxylic acids is 1. The molecule has 6 heteroatoms. The standard InChI is InChI=1S/C16H24N2O4/c1-12-8-14(19)9-15(22-12)16(20)17-10-13-4-3-5-18(11-13)6-7-21-2/h8-9,13H,3-7,10-11H2,1-2H3,(H,17,20)/t13-/m0/s1. The number of nitrogens with zero attached hydrogens (tertiary/aromatic N) is 1. The number of hydrogen-bond donors (Lipinski definition) is 1. The van der Waals surface area contributed by atoms with E-state index in [4.69, 9.17) is 9.15 Å². The lowest BCUT2D eigenvalue weighted by molar-refractivity contribution is 0.0884. The summed E-state index contributed by atoms with van der Waals surface area (Å²) in [5.74, 6) is 0.624. The number of amides is 1. The van der Waals surface area contributed by atoms with Crippen LogP contribution >= 0.6 is 0 Å². The highest BCUT2D eigenvalue weighted by Crippen LogP contribution is 2.15. The van der Waals surface area contributed by atoms with Gasteiger partial charge in [0.2, 0.25) is 0 Å². The first-order valence-electron chi connectivity index (χ1n) is 7.70. The molecule has 122 valence electrons. The molecule has 0 unspecified atom stereocenters. The van der Waals surface area contributed by atoms with E-state index in [1.807, 2.05) is 0 Å². The van der Waals surface area contributed by atoms with E-state index in [-0.39, 0.29) is 17.1 Å². The third-order valence-electron chi connectivity index (χ3n) is 3.88. The maximum absolute atomic E-state index is 12.1. The Morgan fingerprint density at radius 2 is 2.32 bits per heavy atom. The van der Waals surface area contributed by atoms with Gasteiger partial charge < -0.3 is 19.4 Å². The molecule has 1 atom stereocenters. The van der Waals surface area contributed by atoms with Gasteiger partial charge in [0.25, 0.3) is 5.91 Å². The summed E-state index contributed by atoms with van der Waals surface area (Å²) in [6, 6.07) is 2.60. The molecule has 0 aromatic carbocycles. The summed E-state index contributed by atoms with van der Waals surface area (Å²) < 4.78 is 10.4. The quantitative estimate of drug-likeness (QED) is 0.850. The van der Waals surface area contributed by atoms with Crippen LogP contribution in [0.25, 0.3) is 0 Å². The van der Waals surface area contributed by atoms with E-state index < -0.39 is 0 Å². The van der Waals surface area contributed by atoms with Crippen LogP contribution in [0.4, 0.5) is 0 Å². The van der Waals surface area contributed by atoms with Crippen LogP contribution in [-0.2, 0) is 4.74 Å². The molecule has 1 aliphatic heterocycles. The zero-order valence-corrected chi connectivity index (χ0v) is 13.3. The number of aryl methyl sites for hydroxylation is 1. The Balaban J connectivity index is 1.84. The van der Waals surface area contributed by atoms with Crippen molar-refractivity contribution in [3.8, 4) is 0 Å². The van der Waals surface area contributed by atoms with Crippen LogP contribution in [0.1, 0.15) is 29.2 Å². The lowest BCUT2D eigenvalue weighted by Crippen LogP contribution is -2.42. The van der Waals surface area contributed by atoms with Gasteiger partial charge in [0.05, 0.1) is 6.61 Å². The Morgan fingerprint density at radius 3 is 3.05 bits per heavy atom. The summed E-state index contributed by atoms with van der Waals surface area (Å²) in [6.45, 7) is 5.95. The summed E-state index contributed by atoms with van der Waals surface area (Å²) in [5.41, 5.74) is -0.211. The third-order valence-corrected chi connectivity index (χ3v) is 3.88. The van der Waals surface area contributed by atoms with Gasteiger partial charge in [-0.05, 0) is 32.2 Å². The number of nitrogens with one attached hydrogen (secondary N) is 1. The largest absolute Gasteiger partial charge is 0.456 e. The van der Waals surface area contributed by atoms with Crippen LogP contribution in [0, 0.1) is 12.8 Å². The van der Waals surface area contributed by atoms with Gasteiger partial charge in [-0.1, -0.05) is 0 Å². The monoisotopic (exact) mass is 308 g/mol. The molecule has 0 spiro atoms. The van der Waals surface area contributed by atoms with Gasteiger partial charge in [-0.15, -0.1) is 0 Å². The number of ether oxygens (including phenoxy) is 1. The Hall–Kier alpha value is -1.66. The molecule has 1 amide bonds. The number of piperidine rings is 1. The van der Waals surface area contributed by atoms with Crippen molar-refractivity contribution >= 4 is 5.91 Å². The van der Waals surface area contributed by atoms with E-state index in [2.05, 4.69) is 10.2 Å². The first-order chi connectivity index (χ1) is 10.6. The predicted molar refractivity (Wildman–Crippen MR) is 83.1 cm³/mol. The summed E-state index contributed by atoms with van der Waals surface area (Å²) in [7, 11) is 1.71. The number of rotatable bonds is 6. The molecule has 0 saturated carbocycles. The van der Waals surface area contributed by atoms with Crippen LogP contribution in [0.5, 0.6) is 0 Å². The summed E-state index contributed by atoms with van der Waals surface area (Å²) in [5, 5.41) is 2.87. The van der Waals surface area contributed by atoms with Crippen molar-refractivity contribution in [3.05, 3.63) is 33.9 Å². The number of hydrogen-bond acceptors (Lipinski definition) is 5. The summed E-state index contributed by atoms with van der Waals surface area (Å²) in [6.07, 6.45) is 2.23. The van der Waals surface area contributed by atoms with E-state index in [0.29, 0.717) is 18.2 Å². The van der Waals surface area contributed by atoms with Crippen LogP contribution < -0.4 is 10.7 Å². The molecule has 1 aromatic heterocycles. The molecule has 2 rings (SSSR count). The Labute approximate surface area is 130 Å². The second kappa shape index (κ2) is 8.10. The average molecular weight is 308 g/mol. The lowest BCUT2D eigenvalue weighted by atomic mass is 9.98. The van der Waals surface area contributed by atoms with E-state index in [0.717, 1.165) is 39.1 Å². The van der Waals surface area contributed by atoms with Crippen molar-refractivity contribution in [2.45, 2.75) is 19.8 Å². The van der Waals surface area contributed by atoms with Crippen molar-refractivity contribution in [1.29, 1.82) is 0 Å². The van der Waals surface area contributed by atoms with Gasteiger partial charge >= 0.3 is 0 Å². The molecule has 1 fully saturated rings. The molecule has 0 bridgehead atoms. The van der Waals surface area contributed by atoms with Gasteiger partial charge in [-0.2, -0.15) is 0 Å². The minimum atomic E-state index is -0.324. The molecule has 1 aromatic rings. The molecule has 0 radical (unpaired) electrons. The van der Waals surface area contributed by atoms with E-state index >= 15 is 0 Å². The number of carbonyl (C=O) groups is 1. The van der Waals surface area contributed by atoms with E-state index in [1.165, 1.54) is 12.1 Å². The van der Waals surface area contributed by atoms with Crippen molar-refractivity contribution in [2.24, 2.45) is 5.92 Å². The molecule has 6 nitrogen and oxygen atoms in total. The van der Waals surface area contributed by atoms with Crippen molar-refractivity contribution in [2.75, 3.05) is 39.9 Å². The maximum atomic E-state index is 12.1. The smallest absolute Gasteiger partial charge is 0.287 e. The number of likely N-dealkylation sites (tertiary alicyclic amines) is 1. The maximum Gasteiger partial charge on any atom is 0.287 e. The van der Waals surface area contributed by atoms with Crippen molar-refractivity contribution < 1.29 is 13.9 Å². The van der Waals surface area contributed by atoms with Gasteiger partial charge in [0.15, 0.2) is 11.2 Å². The van der Waals surface area contributed by atoms with Crippen LogP contribution in [0.2, 0.25) is 0 Å². The average Bonchev–Trinajstić information content (AvgIpc) is 2.50. The van der Waals surface area contributed by atoms with Crippen molar-refractivity contribution in [3.63, 3.8) is 0 Å². The highest BCUT2D eigenvalue weighted by molar-refractivity contribution is 5.91. The third kappa shape index (κ3) is 4.96. The van der Waals surface area contributed by atoms with Crippen molar-refractivity contribution in [1.82, 2.24) is 10.2 Å². The molecule has 1 saturated heterocycles. The first kappa shape index (κ1) is 16.7. The Bertz CT molecular complexity index is 555. The molecule has 2 heterocycles. The van der Waals surface area contributed by atoms with E-state index in [9.17, 15) is 9.59 Å².